The highest BCUT2D eigenvalue weighted by Gasteiger charge is 2.61. The van der Waals surface area contributed by atoms with Gasteiger partial charge >= 0.3 is 0 Å². The number of carbonyl (C=O) groups excluding carboxylic acids is 1. The first-order chi connectivity index (χ1) is 16.2. The number of hydrogen-bond donors (Lipinski definition) is 1. The third-order valence-electron chi connectivity index (χ3n) is 6.93. The zero-order chi connectivity index (χ0) is 23.8. The number of imidazole rings is 1. The molecule has 1 N–H and O–H groups in total. The first-order valence-corrected chi connectivity index (χ1v) is 11.5. The summed E-state index contributed by atoms with van der Waals surface area (Å²) in [6, 6.07) is 2.65. The van der Waals surface area contributed by atoms with Crippen molar-refractivity contribution in [3.05, 3.63) is 52.3 Å². The quantitative estimate of drug-likeness (QED) is 0.598. The zero-order valence-electron chi connectivity index (χ0n) is 19.2. The molecule has 9 nitrogen and oxygen atoms in total. The van der Waals surface area contributed by atoms with Crippen LogP contribution in [0.2, 0.25) is 0 Å². The molecule has 2 aliphatic carbocycles. The summed E-state index contributed by atoms with van der Waals surface area (Å²) in [6.45, 7) is 6.41. The largest absolute Gasteiger partial charge is 0.474 e. The van der Waals surface area contributed by atoms with Crippen LogP contribution in [-0.2, 0) is 10.2 Å². The molecule has 2 saturated heterocycles. The van der Waals surface area contributed by atoms with Crippen LogP contribution in [-0.4, -0.2) is 49.3 Å². The van der Waals surface area contributed by atoms with Gasteiger partial charge in [0.2, 0.25) is 11.7 Å². The van der Waals surface area contributed by atoms with Gasteiger partial charge in [-0.05, 0) is 45.7 Å². The Kier molecular flexibility index (Phi) is 4.45. The van der Waals surface area contributed by atoms with E-state index in [4.69, 9.17) is 14.5 Å². The normalized spacial score (nSPS) is 29.3. The molecule has 2 saturated carbocycles. The molecule has 7 rings (SSSR count). The smallest absolute Gasteiger partial charge is 0.274 e. The number of amides is 1. The Labute approximate surface area is 194 Å². The molecule has 0 spiro atoms. The number of nitrogens with one attached hydrogen (secondary N) is 1. The summed E-state index contributed by atoms with van der Waals surface area (Å²) < 4.78 is 28.3. The summed E-state index contributed by atoms with van der Waals surface area (Å²) in [5.74, 6) is 0.0289. The fourth-order valence-corrected chi connectivity index (χ4v) is 5.28. The number of carbonyl (C=O) groups is 1. The molecule has 0 unspecified atom stereocenters. The second-order valence-corrected chi connectivity index (χ2v) is 10.2. The monoisotopic (exact) mass is 467 g/mol. The van der Waals surface area contributed by atoms with Crippen LogP contribution in [0.15, 0.2) is 35.5 Å². The van der Waals surface area contributed by atoms with Crippen molar-refractivity contribution in [2.45, 2.75) is 69.4 Å². The molecule has 3 aromatic rings. The van der Waals surface area contributed by atoms with Crippen molar-refractivity contribution in [1.29, 1.82) is 0 Å². The summed E-state index contributed by atoms with van der Waals surface area (Å²) in [6.07, 6.45) is 5.91. The molecule has 1 amide bonds. The van der Waals surface area contributed by atoms with E-state index in [1.165, 1.54) is 16.8 Å². The number of pyridine rings is 1. The van der Waals surface area contributed by atoms with Crippen LogP contribution in [0.5, 0.6) is 5.88 Å². The zero-order valence-corrected chi connectivity index (χ0v) is 19.2. The number of aromatic nitrogens is 4. The molecule has 178 valence electrons. The van der Waals surface area contributed by atoms with E-state index < -0.39 is 23.7 Å². The summed E-state index contributed by atoms with van der Waals surface area (Å²) in [5, 5.41) is 2.66. The molecular formula is C24H26FN5O4. The van der Waals surface area contributed by atoms with E-state index in [1.807, 2.05) is 20.0 Å². The lowest BCUT2D eigenvalue weighted by molar-refractivity contribution is 0.0154. The SMILES string of the molecule is CC(C)Oc1nc2nc(C34COC(C)(C3)C4)cn2cc1C(=O)Nc1cccn([C@H]2C[C@H]2F)c1=O. The van der Waals surface area contributed by atoms with Gasteiger partial charge in [0.25, 0.3) is 11.5 Å². The van der Waals surface area contributed by atoms with Gasteiger partial charge in [-0.3, -0.25) is 14.0 Å². The van der Waals surface area contributed by atoms with E-state index in [0.29, 0.717) is 18.8 Å². The van der Waals surface area contributed by atoms with Gasteiger partial charge in [0.15, 0.2) is 0 Å². The Morgan fingerprint density at radius 3 is 2.74 bits per heavy atom. The van der Waals surface area contributed by atoms with Crippen molar-refractivity contribution in [2.24, 2.45) is 0 Å². The van der Waals surface area contributed by atoms with Crippen LogP contribution >= 0.6 is 0 Å². The molecule has 2 bridgehead atoms. The maximum absolute atomic E-state index is 13.5. The highest BCUT2D eigenvalue weighted by atomic mass is 19.1. The van der Waals surface area contributed by atoms with Crippen molar-refractivity contribution >= 4 is 17.4 Å². The van der Waals surface area contributed by atoms with Gasteiger partial charge in [0, 0.05) is 30.4 Å². The molecule has 2 atom stereocenters. The van der Waals surface area contributed by atoms with E-state index in [9.17, 15) is 14.0 Å². The van der Waals surface area contributed by atoms with Crippen LogP contribution in [0.4, 0.5) is 10.1 Å². The molecular weight excluding hydrogens is 441 g/mol. The first kappa shape index (κ1) is 21.3. The van der Waals surface area contributed by atoms with Crippen molar-refractivity contribution in [3.63, 3.8) is 0 Å². The Balaban J connectivity index is 1.35. The summed E-state index contributed by atoms with van der Waals surface area (Å²) in [5.41, 5.74) is 0.498. The van der Waals surface area contributed by atoms with Gasteiger partial charge in [0.05, 0.1) is 30.0 Å². The number of nitrogens with zero attached hydrogens (tertiary/aromatic N) is 4. The summed E-state index contributed by atoms with van der Waals surface area (Å²) in [4.78, 5) is 35.2. The number of anilines is 1. The van der Waals surface area contributed by atoms with Crippen LogP contribution in [0.25, 0.3) is 5.78 Å². The highest BCUT2D eigenvalue weighted by molar-refractivity contribution is 6.05. The van der Waals surface area contributed by atoms with Crippen LogP contribution in [0.1, 0.15) is 62.1 Å². The second-order valence-electron chi connectivity index (χ2n) is 10.2. The number of ether oxygens (including phenoxy) is 2. The molecule has 0 aromatic carbocycles. The van der Waals surface area contributed by atoms with E-state index in [-0.39, 0.29) is 34.3 Å². The average molecular weight is 468 g/mol. The predicted molar refractivity (Wildman–Crippen MR) is 121 cm³/mol. The number of halogens is 1. The maximum Gasteiger partial charge on any atom is 0.274 e. The standard InChI is InChI=1S/C24H26FN5O4/c1-13(2)34-20-14(19(31)26-16-5-4-6-30(21(16)32)17-7-15(17)25)8-29-9-18(27-22(29)28-20)24-10-23(3,11-24)33-12-24/h4-6,8-9,13,15,17H,7,10-12H2,1-3H3,(H,26,31)/t15-,17+,23?,24?/m1/s1. The third kappa shape index (κ3) is 3.31. The molecule has 4 fully saturated rings. The van der Waals surface area contributed by atoms with Gasteiger partial charge < -0.3 is 19.4 Å². The van der Waals surface area contributed by atoms with Crippen molar-refractivity contribution in [2.75, 3.05) is 11.9 Å². The Morgan fingerprint density at radius 2 is 2.09 bits per heavy atom. The van der Waals surface area contributed by atoms with E-state index in [0.717, 1.165) is 18.5 Å². The Hall–Kier alpha value is -3.27. The fraction of sp³-hybridized carbons (Fsp3) is 0.500. The number of alkyl halides is 1. The molecule has 3 aromatic heterocycles. The minimum atomic E-state index is -1.03. The predicted octanol–water partition coefficient (Wildman–Crippen LogP) is 3.03. The fourth-order valence-electron chi connectivity index (χ4n) is 5.28. The van der Waals surface area contributed by atoms with E-state index in [2.05, 4.69) is 17.2 Å². The molecule has 2 aliphatic heterocycles. The minimum Gasteiger partial charge on any atom is -0.474 e. The molecule has 0 radical (unpaired) electrons. The van der Waals surface area contributed by atoms with E-state index >= 15 is 0 Å². The number of hydrogen-bond acceptors (Lipinski definition) is 6. The first-order valence-electron chi connectivity index (χ1n) is 11.5. The van der Waals surface area contributed by atoms with Crippen LogP contribution in [0.3, 0.4) is 0 Å². The van der Waals surface area contributed by atoms with Crippen LogP contribution in [0, 0.1) is 0 Å². The van der Waals surface area contributed by atoms with E-state index in [1.54, 1.807) is 16.7 Å². The van der Waals surface area contributed by atoms with Gasteiger partial charge in [-0.25, -0.2) is 9.37 Å². The van der Waals surface area contributed by atoms with Gasteiger partial charge in [0.1, 0.15) is 17.4 Å². The van der Waals surface area contributed by atoms with Crippen molar-refractivity contribution < 1.29 is 18.7 Å². The third-order valence-corrected chi connectivity index (χ3v) is 6.93. The van der Waals surface area contributed by atoms with Gasteiger partial charge in [-0.15, -0.1) is 0 Å². The molecule has 4 aliphatic rings. The van der Waals surface area contributed by atoms with Gasteiger partial charge in [-0.1, -0.05) is 0 Å². The maximum atomic E-state index is 13.5. The Bertz CT molecular complexity index is 1370. The number of rotatable bonds is 6. The average Bonchev–Trinajstić information content (AvgIpc) is 3.08. The summed E-state index contributed by atoms with van der Waals surface area (Å²) >= 11 is 0. The molecule has 34 heavy (non-hydrogen) atoms. The van der Waals surface area contributed by atoms with Crippen molar-refractivity contribution in [3.8, 4) is 5.88 Å². The Morgan fingerprint density at radius 1 is 1.32 bits per heavy atom. The lowest BCUT2D eigenvalue weighted by Crippen LogP contribution is -2.45. The molecule has 10 heteroatoms. The molecule has 5 heterocycles. The summed E-state index contributed by atoms with van der Waals surface area (Å²) in [7, 11) is 0. The highest BCUT2D eigenvalue weighted by Crippen LogP contribution is 2.58. The van der Waals surface area contributed by atoms with Gasteiger partial charge in [-0.2, -0.15) is 4.98 Å². The number of fused-ring (bicyclic) bond motifs is 2. The van der Waals surface area contributed by atoms with Crippen LogP contribution < -0.4 is 15.6 Å². The lowest BCUT2D eigenvalue weighted by Gasteiger charge is -2.41. The lowest BCUT2D eigenvalue weighted by atomic mass is 9.62. The topological polar surface area (TPSA) is 99.8 Å². The minimum absolute atomic E-state index is 0.0734. The van der Waals surface area contributed by atoms with Crippen molar-refractivity contribution in [1.82, 2.24) is 18.9 Å². The second kappa shape index (κ2) is 7.11.